The number of nitrogens with two attached hydrogens (primary N) is 1. The van der Waals surface area contributed by atoms with Gasteiger partial charge in [-0.2, -0.15) is 5.10 Å². The summed E-state index contributed by atoms with van der Waals surface area (Å²) in [7, 11) is 0. The van der Waals surface area contributed by atoms with Crippen LogP contribution in [-0.2, 0) is 6.54 Å². The predicted octanol–water partition coefficient (Wildman–Crippen LogP) is 0.599. The molecule has 0 fully saturated rings. The van der Waals surface area contributed by atoms with Crippen LogP contribution < -0.4 is 11.1 Å². The van der Waals surface area contributed by atoms with Gasteiger partial charge in [0.05, 0.1) is 24.6 Å². The number of nitrogens with zero attached hydrogens (tertiary/aromatic N) is 3. The van der Waals surface area contributed by atoms with Crippen molar-refractivity contribution in [3.63, 3.8) is 0 Å². The molecule has 0 aliphatic carbocycles. The van der Waals surface area contributed by atoms with Crippen molar-refractivity contribution in [3.8, 4) is 0 Å². The van der Waals surface area contributed by atoms with E-state index in [1.807, 2.05) is 13.1 Å². The highest BCUT2D eigenvalue weighted by atomic mass is 16.1. The Morgan fingerprint density at radius 3 is 2.89 bits per heavy atom. The van der Waals surface area contributed by atoms with Crippen LogP contribution in [0, 0.1) is 6.92 Å². The Kier molecular flexibility index (Phi) is 3.57. The van der Waals surface area contributed by atoms with Crippen LogP contribution >= 0.6 is 0 Å². The molecule has 6 nitrogen and oxygen atoms in total. The molecule has 0 radical (unpaired) electrons. The average molecular weight is 245 g/mol. The largest absolute Gasteiger partial charge is 0.397 e. The molecular weight excluding hydrogens is 230 g/mol. The lowest BCUT2D eigenvalue weighted by atomic mass is 10.3. The maximum absolute atomic E-state index is 11.7. The molecule has 3 N–H and O–H groups in total. The molecule has 2 aromatic rings. The molecule has 0 bridgehead atoms. The molecular formula is C12H15N5O. The number of aryl methyl sites for hydroxylation is 1. The quantitative estimate of drug-likeness (QED) is 0.825. The number of amides is 1. The third-order valence-electron chi connectivity index (χ3n) is 2.41. The van der Waals surface area contributed by atoms with Gasteiger partial charge in [0, 0.05) is 12.7 Å². The molecule has 94 valence electrons. The summed E-state index contributed by atoms with van der Waals surface area (Å²) >= 11 is 0. The van der Waals surface area contributed by atoms with Crippen molar-refractivity contribution in [1.29, 1.82) is 0 Å². The Labute approximate surface area is 105 Å². The van der Waals surface area contributed by atoms with E-state index in [4.69, 9.17) is 5.73 Å². The van der Waals surface area contributed by atoms with Crippen LogP contribution in [0.1, 0.15) is 16.1 Å². The molecule has 2 rings (SSSR count). The molecule has 0 atom stereocenters. The second-order valence-corrected chi connectivity index (χ2v) is 4.01. The Hall–Kier alpha value is -2.37. The molecule has 2 heterocycles. The molecule has 6 heteroatoms. The highest BCUT2D eigenvalue weighted by Crippen LogP contribution is 2.00. The monoisotopic (exact) mass is 245 g/mol. The Bertz CT molecular complexity index is 532. The number of pyridine rings is 1. The van der Waals surface area contributed by atoms with E-state index >= 15 is 0 Å². The van der Waals surface area contributed by atoms with Gasteiger partial charge < -0.3 is 11.1 Å². The average Bonchev–Trinajstić information content (AvgIpc) is 2.76. The van der Waals surface area contributed by atoms with Crippen molar-refractivity contribution >= 4 is 11.6 Å². The molecule has 0 unspecified atom stereocenters. The number of hydrogen-bond acceptors (Lipinski definition) is 4. The first-order valence-electron chi connectivity index (χ1n) is 5.64. The van der Waals surface area contributed by atoms with Gasteiger partial charge in [-0.05, 0) is 24.6 Å². The number of rotatable bonds is 4. The van der Waals surface area contributed by atoms with E-state index in [2.05, 4.69) is 15.4 Å². The first-order chi connectivity index (χ1) is 8.65. The summed E-state index contributed by atoms with van der Waals surface area (Å²) in [6.45, 7) is 3.11. The second-order valence-electron chi connectivity index (χ2n) is 4.01. The van der Waals surface area contributed by atoms with Crippen molar-refractivity contribution in [2.75, 3.05) is 12.3 Å². The standard InChI is InChI=1S/C12H15N5O/c1-9-6-16-17(8-9)5-4-14-12(18)11-3-2-10(13)7-15-11/h2-3,6-8H,4-5,13H2,1H3,(H,14,18). The minimum atomic E-state index is -0.209. The van der Waals surface area contributed by atoms with Gasteiger partial charge in [-0.15, -0.1) is 0 Å². The summed E-state index contributed by atoms with van der Waals surface area (Å²) < 4.78 is 1.78. The van der Waals surface area contributed by atoms with Crippen molar-refractivity contribution in [3.05, 3.63) is 42.0 Å². The molecule has 2 aromatic heterocycles. The topological polar surface area (TPSA) is 85.8 Å². The Balaban J connectivity index is 1.83. The number of carbonyl (C=O) groups is 1. The van der Waals surface area contributed by atoms with E-state index in [-0.39, 0.29) is 5.91 Å². The van der Waals surface area contributed by atoms with Crippen molar-refractivity contribution in [1.82, 2.24) is 20.1 Å². The molecule has 1 amide bonds. The number of hydrogen-bond donors (Lipinski definition) is 2. The fourth-order valence-corrected chi connectivity index (χ4v) is 1.50. The lowest BCUT2D eigenvalue weighted by molar-refractivity contribution is 0.0947. The number of carbonyl (C=O) groups excluding carboxylic acids is 1. The fraction of sp³-hybridized carbons (Fsp3) is 0.250. The maximum atomic E-state index is 11.7. The molecule has 0 aliphatic rings. The second kappa shape index (κ2) is 5.31. The molecule has 0 saturated heterocycles. The molecule has 0 saturated carbocycles. The van der Waals surface area contributed by atoms with Gasteiger partial charge >= 0.3 is 0 Å². The number of nitrogens with one attached hydrogen (secondary N) is 1. The first-order valence-corrected chi connectivity index (χ1v) is 5.64. The zero-order valence-electron chi connectivity index (χ0n) is 10.1. The predicted molar refractivity (Wildman–Crippen MR) is 67.9 cm³/mol. The zero-order valence-corrected chi connectivity index (χ0v) is 10.1. The molecule has 0 aliphatic heterocycles. The Morgan fingerprint density at radius 2 is 2.28 bits per heavy atom. The van der Waals surface area contributed by atoms with Crippen molar-refractivity contribution in [2.24, 2.45) is 0 Å². The normalized spacial score (nSPS) is 10.3. The third-order valence-corrected chi connectivity index (χ3v) is 2.41. The summed E-state index contributed by atoms with van der Waals surface area (Å²) in [5, 5.41) is 6.90. The summed E-state index contributed by atoms with van der Waals surface area (Å²) in [5.41, 5.74) is 7.50. The van der Waals surface area contributed by atoms with Gasteiger partial charge in [-0.3, -0.25) is 9.48 Å². The lowest BCUT2D eigenvalue weighted by Gasteiger charge is -2.05. The minimum absolute atomic E-state index is 0.209. The summed E-state index contributed by atoms with van der Waals surface area (Å²) in [5.74, 6) is -0.209. The van der Waals surface area contributed by atoms with Crippen LogP contribution in [0.5, 0.6) is 0 Å². The van der Waals surface area contributed by atoms with Crippen LogP contribution in [0.2, 0.25) is 0 Å². The van der Waals surface area contributed by atoms with E-state index in [1.54, 1.807) is 23.0 Å². The maximum Gasteiger partial charge on any atom is 0.269 e. The van der Waals surface area contributed by atoms with Gasteiger partial charge in [0.1, 0.15) is 5.69 Å². The molecule has 0 spiro atoms. The van der Waals surface area contributed by atoms with Crippen LogP contribution in [0.3, 0.4) is 0 Å². The van der Waals surface area contributed by atoms with Crippen LogP contribution in [-0.4, -0.2) is 27.2 Å². The van der Waals surface area contributed by atoms with E-state index in [0.29, 0.717) is 24.5 Å². The van der Waals surface area contributed by atoms with Gasteiger partial charge in [0.15, 0.2) is 0 Å². The number of aromatic nitrogens is 3. The SMILES string of the molecule is Cc1cnn(CCNC(=O)c2ccc(N)cn2)c1. The summed E-state index contributed by atoms with van der Waals surface area (Å²) in [6, 6.07) is 3.25. The van der Waals surface area contributed by atoms with Gasteiger partial charge in [-0.25, -0.2) is 4.98 Å². The zero-order chi connectivity index (χ0) is 13.0. The van der Waals surface area contributed by atoms with Gasteiger partial charge in [0.2, 0.25) is 0 Å². The highest BCUT2D eigenvalue weighted by Gasteiger charge is 2.05. The minimum Gasteiger partial charge on any atom is -0.397 e. The van der Waals surface area contributed by atoms with Gasteiger partial charge in [-0.1, -0.05) is 0 Å². The summed E-state index contributed by atoms with van der Waals surface area (Å²) in [6.07, 6.45) is 5.17. The van der Waals surface area contributed by atoms with Gasteiger partial charge in [0.25, 0.3) is 5.91 Å². The van der Waals surface area contributed by atoms with E-state index in [9.17, 15) is 4.79 Å². The fourth-order valence-electron chi connectivity index (χ4n) is 1.50. The first kappa shape index (κ1) is 12.1. The number of anilines is 1. The van der Waals surface area contributed by atoms with E-state index in [0.717, 1.165) is 5.56 Å². The van der Waals surface area contributed by atoms with Crippen molar-refractivity contribution in [2.45, 2.75) is 13.5 Å². The Morgan fingerprint density at radius 1 is 1.44 bits per heavy atom. The van der Waals surface area contributed by atoms with Crippen LogP contribution in [0.4, 0.5) is 5.69 Å². The highest BCUT2D eigenvalue weighted by molar-refractivity contribution is 5.92. The van der Waals surface area contributed by atoms with E-state index < -0.39 is 0 Å². The van der Waals surface area contributed by atoms with E-state index in [1.165, 1.54) is 6.20 Å². The van der Waals surface area contributed by atoms with Crippen LogP contribution in [0.15, 0.2) is 30.7 Å². The third kappa shape index (κ3) is 3.07. The number of nitrogen functional groups attached to an aromatic ring is 1. The van der Waals surface area contributed by atoms with Crippen LogP contribution in [0.25, 0.3) is 0 Å². The lowest BCUT2D eigenvalue weighted by Crippen LogP contribution is -2.28. The van der Waals surface area contributed by atoms with Crippen molar-refractivity contribution < 1.29 is 4.79 Å². The molecule has 0 aromatic carbocycles. The summed E-state index contributed by atoms with van der Waals surface area (Å²) in [4.78, 5) is 15.7. The molecule has 18 heavy (non-hydrogen) atoms. The smallest absolute Gasteiger partial charge is 0.269 e.